The van der Waals surface area contributed by atoms with Gasteiger partial charge in [-0.05, 0) is 38.4 Å². The van der Waals surface area contributed by atoms with Crippen LogP contribution in [0.1, 0.15) is 44.9 Å². The second kappa shape index (κ2) is 7.69. The molecule has 0 amide bonds. The number of hydrogen-bond acceptors (Lipinski definition) is 5. The molecular weight excluding hydrogens is 221 g/mol. The summed E-state index contributed by atoms with van der Waals surface area (Å²) in [7, 11) is -1.28. The Kier molecular flexibility index (Phi) is 6.54. The smallest absolute Gasteiger partial charge is 0.451 e. The molecule has 0 aromatic heterocycles. The molecule has 6 heteroatoms. The maximum absolute atomic E-state index is 11.5. The van der Waals surface area contributed by atoms with Crippen molar-refractivity contribution in [2.45, 2.75) is 63.4 Å². The van der Waals surface area contributed by atoms with Gasteiger partial charge in [0.05, 0.1) is 6.42 Å². The molecule has 4 N–H and O–H groups in total. The zero-order chi connectivity index (χ0) is 12.7. The molecule has 0 bridgehead atoms. The topological polar surface area (TPSA) is 92.8 Å². The van der Waals surface area contributed by atoms with E-state index < -0.39 is 7.12 Å². The quantitative estimate of drug-likeness (QED) is 0.445. The Bertz CT molecular complexity index is 232. The predicted octanol–water partition coefficient (Wildman–Crippen LogP) is 0.443. The summed E-state index contributed by atoms with van der Waals surface area (Å²) in [5.41, 5.74) is 5.77. The Labute approximate surface area is 102 Å². The lowest BCUT2D eigenvalue weighted by Crippen LogP contribution is -2.27. The van der Waals surface area contributed by atoms with Crippen LogP contribution in [0.15, 0.2) is 0 Å². The molecule has 0 heterocycles. The van der Waals surface area contributed by atoms with Gasteiger partial charge in [0.25, 0.3) is 0 Å². The van der Waals surface area contributed by atoms with Crippen LogP contribution in [0.3, 0.4) is 0 Å². The zero-order valence-electron chi connectivity index (χ0n) is 10.2. The first-order chi connectivity index (χ1) is 8.08. The highest BCUT2D eigenvalue weighted by molar-refractivity contribution is 6.40. The zero-order valence-corrected chi connectivity index (χ0v) is 10.2. The average molecular weight is 243 g/mol. The van der Waals surface area contributed by atoms with Crippen molar-refractivity contribution in [3.63, 3.8) is 0 Å². The van der Waals surface area contributed by atoms with Crippen LogP contribution in [-0.4, -0.2) is 35.3 Å². The van der Waals surface area contributed by atoms with Gasteiger partial charge in [-0.25, -0.2) is 0 Å². The van der Waals surface area contributed by atoms with Gasteiger partial charge in [-0.3, -0.25) is 4.79 Å². The third-order valence-electron chi connectivity index (χ3n) is 3.07. The standard InChI is InChI=1S/C11H22BNO4/c13-9(4-3-7-12(15)16)8-11(14)17-10-5-1-2-6-10/h9-10,15-16H,1-8,13H2. The van der Waals surface area contributed by atoms with Gasteiger partial charge >= 0.3 is 13.1 Å². The van der Waals surface area contributed by atoms with E-state index in [1.54, 1.807) is 0 Å². The van der Waals surface area contributed by atoms with Crippen LogP contribution in [-0.2, 0) is 9.53 Å². The van der Waals surface area contributed by atoms with Crippen molar-refractivity contribution in [2.75, 3.05) is 0 Å². The number of hydrogen-bond donors (Lipinski definition) is 3. The maximum atomic E-state index is 11.5. The van der Waals surface area contributed by atoms with Gasteiger partial charge in [-0.2, -0.15) is 0 Å². The molecule has 5 nitrogen and oxygen atoms in total. The fourth-order valence-corrected chi connectivity index (χ4v) is 2.12. The summed E-state index contributed by atoms with van der Waals surface area (Å²) in [6.45, 7) is 0. The highest BCUT2D eigenvalue weighted by atomic mass is 16.5. The van der Waals surface area contributed by atoms with Gasteiger partial charge in [0.1, 0.15) is 6.10 Å². The van der Waals surface area contributed by atoms with Crippen molar-refractivity contribution in [1.29, 1.82) is 0 Å². The highest BCUT2D eigenvalue weighted by Crippen LogP contribution is 2.21. The van der Waals surface area contributed by atoms with Gasteiger partial charge in [-0.1, -0.05) is 6.42 Å². The first-order valence-electron chi connectivity index (χ1n) is 6.39. The molecule has 0 spiro atoms. The van der Waals surface area contributed by atoms with E-state index in [2.05, 4.69) is 0 Å². The third-order valence-corrected chi connectivity index (χ3v) is 3.07. The minimum absolute atomic E-state index is 0.0916. The van der Waals surface area contributed by atoms with Crippen LogP contribution in [0.25, 0.3) is 0 Å². The molecule has 17 heavy (non-hydrogen) atoms. The fraction of sp³-hybridized carbons (Fsp3) is 0.909. The Morgan fingerprint density at radius 1 is 1.41 bits per heavy atom. The van der Waals surface area contributed by atoms with Crippen molar-refractivity contribution >= 4 is 13.1 Å². The summed E-state index contributed by atoms with van der Waals surface area (Å²) in [5.74, 6) is -0.228. The minimum Gasteiger partial charge on any atom is -0.462 e. The molecule has 1 saturated carbocycles. The molecule has 1 unspecified atom stereocenters. The molecule has 1 rings (SSSR count). The lowest BCUT2D eigenvalue weighted by atomic mass is 9.83. The van der Waals surface area contributed by atoms with Crippen molar-refractivity contribution in [3.05, 3.63) is 0 Å². The first-order valence-corrected chi connectivity index (χ1v) is 6.39. The van der Waals surface area contributed by atoms with Crippen LogP contribution in [0, 0.1) is 0 Å². The number of nitrogens with two attached hydrogens (primary N) is 1. The molecule has 0 radical (unpaired) electrons. The van der Waals surface area contributed by atoms with Gasteiger partial charge in [0.15, 0.2) is 0 Å². The Hall–Kier alpha value is -0.585. The van der Waals surface area contributed by atoms with Gasteiger partial charge in [0.2, 0.25) is 0 Å². The van der Waals surface area contributed by atoms with E-state index >= 15 is 0 Å². The van der Waals surface area contributed by atoms with Crippen molar-refractivity contribution in [2.24, 2.45) is 5.73 Å². The maximum Gasteiger partial charge on any atom is 0.451 e. The SMILES string of the molecule is NC(CCCB(O)O)CC(=O)OC1CCCC1. The summed E-state index contributed by atoms with van der Waals surface area (Å²) < 4.78 is 5.29. The molecule has 1 aliphatic carbocycles. The number of ether oxygens (including phenoxy) is 1. The second-order valence-corrected chi connectivity index (χ2v) is 4.77. The number of carbonyl (C=O) groups is 1. The summed E-state index contributed by atoms with van der Waals surface area (Å²) >= 11 is 0. The normalized spacial score (nSPS) is 18.1. The minimum atomic E-state index is -1.28. The monoisotopic (exact) mass is 243 g/mol. The molecule has 0 saturated heterocycles. The number of rotatable bonds is 7. The van der Waals surface area contributed by atoms with Crippen LogP contribution >= 0.6 is 0 Å². The summed E-state index contributed by atoms with van der Waals surface area (Å²) in [4.78, 5) is 11.5. The van der Waals surface area contributed by atoms with E-state index in [0.717, 1.165) is 25.7 Å². The van der Waals surface area contributed by atoms with Gasteiger partial charge in [0, 0.05) is 6.04 Å². The van der Waals surface area contributed by atoms with E-state index in [-0.39, 0.29) is 24.5 Å². The molecule has 1 aliphatic rings. The Morgan fingerprint density at radius 2 is 2.06 bits per heavy atom. The van der Waals surface area contributed by atoms with E-state index in [1.807, 2.05) is 0 Å². The Morgan fingerprint density at radius 3 is 2.65 bits per heavy atom. The summed E-state index contributed by atoms with van der Waals surface area (Å²) in [6.07, 6.45) is 6.04. The number of carbonyl (C=O) groups excluding carboxylic acids is 1. The molecule has 0 aromatic carbocycles. The lowest BCUT2D eigenvalue weighted by molar-refractivity contribution is -0.149. The van der Waals surface area contributed by atoms with Crippen LogP contribution in [0.5, 0.6) is 0 Å². The van der Waals surface area contributed by atoms with Crippen LogP contribution in [0.2, 0.25) is 6.32 Å². The largest absolute Gasteiger partial charge is 0.462 e. The van der Waals surface area contributed by atoms with Gasteiger partial charge < -0.3 is 20.5 Å². The first kappa shape index (κ1) is 14.5. The predicted molar refractivity (Wildman–Crippen MR) is 65.2 cm³/mol. The van der Waals surface area contributed by atoms with Gasteiger partial charge in [-0.15, -0.1) is 0 Å². The van der Waals surface area contributed by atoms with Crippen molar-refractivity contribution < 1.29 is 19.6 Å². The molecule has 0 aliphatic heterocycles. The Balaban J connectivity index is 2.07. The molecular formula is C11H22BNO4. The molecule has 0 aromatic rings. The van der Waals surface area contributed by atoms with E-state index in [9.17, 15) is 4.79 Å². The number of esters is 1. The van der Waals surface area contributed by atoms with Crippen LogP contribution in [0.4, 0.5) is 0 Å². The summed E-state index contributed by atoms with van der Waals surface area (Å²) in [5, 5.41) is 17.3. The lowest BCUT2D eigenvalue weighted by Gasteiger charge is -2.14. The fourth-order valence-electron chi connectivity index (χ4n) is 2.12. The second-order valence-electron chi connectivity index (χ2n) is 4.77. The summed E-state index contributed by atoms with van der Waals surface area (Å²) in [6, 6.07) is -0.248. The van der Waals surface area contributed by atoms with Crippen LogP contribution < -0.4 is 5.73 Å². The molecule has 1 fully saturated rings. The highest BCUT2D eigenvalue weighted by Gasteiger charge is 2.20. The van der Waals surface area contributed by atoms with Crippen molar-refractivity contribution in [1.82, 2.24) is 0 Å². The van der Waals surface area contributed by atoms with E-state index in [1.165, 1.54) is 0 Å². The van der Waals surface area contributed by atoms with E-state index in [4.69, 9.17) is 20.5 Å². The molecule has 1 atom stereocenters. The van der Waals surface area contributed by atoms with Crippen molar-refractivity contribution in [3.8, 4) is 0 Å². The average Bonchev–Trinajstić information content (AvgIpc) is 2.69. The third kappa shape index (κ3) is 6.66. The van der Waals surface area contributed by atoms with E-state index in [0.29, 0.717) is 19.2 Å². The molecule has 98 valence electrons.